The Labute approximate surface area is 172 Å². The number of anilines is 1. The lowest BCUT2D eigenvalue weighted by Gasteiger charge is -2.52. The third kappa shape index (κ3) is 3.69. The van der Waals surface area contributed by atoms with Crippen LogP contribution in [0.15, 0.2) is 48.5 Å². The number of methoxy groups -OCH3 is 1. The maximum atomic E-state index is 11.2. The van der Waals surface area contributed by atoms with E-state index in [1.165, 1.54) is 24.8 Å². The predicted octanol–water partition coefficient (Wildman–Crippen LogP) is 4.28. The third-order valence-electron chi connectivity index (χ3n) is 6.67. The first kappa shape index (κ1) is 19.7. The molecule has 2 aromatic rings. The van der Waals surface area contributed by atoms with E-state index in [0.29, 0.717) is 0 Å². The lowest BCUT2D eigenvalue weighted by molar-refractivity contribution is -0.384. The van der Waals surface area contributed by atoms with Crippen LogP contribution >= 0.6 is 0 Å². The van der Waals surface area contributed by atoms with Crippen molar-refractivity contribution in [3.05, 3.63) is 64.2 Å². The molecule has 1 aliphatic carbocycles. The SMILES string of the molecule is COc1ccccc1N1CCNCC1C1(c2ccc([N+](=O)[O-])cc2)CCCCC1. The van der Waals surface area contributed by atoms with Crippen molar-refractivity contribution >= 4 is 11.4 Å². The summed E-state index contributed by atoms with van der Waals surface area (Å²) < 4.78 is 5.68. The van der Waals surface area contributed by atoms with Gasteiger partial charge in [0.15, 0.2) is 0 Å². The molecule has 154 valence electrons. The van der Waals surface area contributed by atoms with E-state index in [1.54, 1.807) is 19.2 Å². The van der Waals surface area contributed by atoms with Gasteiger partial charge in [0.2, 0.25) is 0 Å². The average Bonchev–Trinajstić information content (AvgIpc) is 2.79. The fourth-order valence-corrected chi connectivity index (χ4v) is 5.27. The molecule has 1 atom stereocenters. The first-order valence-electron chi connectivity index (χ1n) is 10.5. The third-order valence-corrected chi connectivity index (χ3v) is 6.67. The van der Waals surface area contributed by atoms with E-state index < -0.39 is 0 Å². The number of non-ortho nitro benzene ring substituents is 1. The van der Waals surface area contributed by atoms with Gasteiger partial charge in [-0.15, -0.1) is 0 Å². The molecule has 1 saturated carbocycles. The van der Waals surface area contributed by atoms with Crippen LogP contribution in [0.4, 0.5) is 11.4 Å². The summed E-state index contributed by atoms with van der Waals surface area (Å²) in [7, 11) is 1.72. The summed E-state index contributed by atoms with van der Waals surface area (Å²) in [5.74, 6) is 0.897. The standard InChI is InChI=1S/C23H29N3O3/c1-29-21-8-4-3-7-20(21)25-16-15-24-17-22(25)23(13-5-2-6-14-23)18-9-11-19(12-10-18)26(27)28/h3-4,7-12,22,24H,2,5-6,13-17H2,1H3. The number of ether oxygens (including phenoxy) is 1. The number of para-hydroxylation sites is 2. The predicted molar refractivity (Wildman–Crippen MR) is 115 cm³/mol. The van der Waals surface area contributed by atoms with Crippen LogP contribution < -0.4 is 15.0 Å². The van der Waals surface area contributed by atoms with Crippen molar-refractivity contribution in [2.45, 2.75) is 43.6 Å². The molecule has 1 N–H and O–H groups in total. The normalized spacial score (nSPS) is 21.6. The van der Waals surface area contributed by atoms with Crippen molar-refractivity contribution in [1.82, 2.24) is 5.32 Å². The molecule has 6 nitrogen and oxygen atoms in total. The van der Waals surface area contributed by atoms with Gasteiger partial charge in [0.25, 0.3) is 5.69 Å². The van der Waals surface area contributed by atoms with Gasteiger partial charge in [-0.25, -0.2) is 0 Å². The second kappa shape index (κ2) is 8.41. The number of nitrogens with zero attached hydrogens (tertiary/aromatic N) is 2. The van der Waals surface area contributed by atoms with Crippen molar-refractivity contribution in [2.24, 2.45) is 0 Å². The Morgan fingerprint density at radius 1 is 1.10 bits per heavy atom. The highest BCUT2D eigenvalue weighted by Crippen LogP contribution is 2.46. The van der Waals surface area contributed by atoms with Crippen molar-refractivity contribution in [2.75, 3.05) is 31.6 Å². The van der Waals surface area contributed by atoms with Gasteiger partial charge in [-0.05, 0) is 30.5 Å². The van der Waals surface area contributed by atoms with E-state index in [2.05, 4.69) is 22.3 Å². The molecule has 1 unspecified atom stereocenters. The summed E-state index contributed by atoms with van der Waals surface area (Å²) in [5.41, 5.74) is 2.48. The molecule has 4 rings (SSSR count). The molecule has 0 bridgehead atoms. The van der Waals surface area contributed by atoms with Crippen molar-refractivity contribution in [3.63, 3.8) is 0 Å². The maximum Gasteiger partial charge on any atom is 0.269 e. The minimum Gasteiger partial charge on any atom is -0.495 e. The minimum absolute atomic E-state index is 0.0261. The Hall–Kier alpha value is -2.60. The average molecular weight is 396 g/mol. The highest BCUT2D eigenvalue weighted by molar-refractivity contribution is 5.60. The number of nitro benzene ring substituents is 1. The van der Waals surface area contributed by atoms with Gasteiger partial charge in [-0.2, -0.15) is 0 Å². The van der Waals surface area contributed by atoms with E-state index in [4.69, 9.17) is 4.74 Å². The van der Waals surface area contributed by atoms with E-state index in [0.717, 1.165) is 43.9 Å². The molecule has 0 aromatic heterocycles. The number of piperazine rings is 1. The largest absolute Gasteiger partial charge is 0.495 e. The molecule has 0 spiro atoms. The fraction of sp³-hybridized carbons (Fsp3) is 0.478. The molecular weight excluding hydrogens is 366 g/mol. The number of rotatable bonds is 5. The van der Waals surface area contributed by atoms with Crippen LogP contribution in [0.2, 0.25) is 0 Å². The van der Waals surface area contributed by atoms with Crippen LogP contribution in [-0.2, 0) is 5.41 Å². The Morgan fingerprint density at radius 3 is 2.52 bits per heavy atom. The Kier molecular flexibility index (Phi) is 5.72. The number of hydrogen-bond acceptors (Lipinski definition) is 5. The lowest BCUT2D eigenvalue weighted by Crippen LogP contribution is -2.61. The summed E-state index contributed by atoms with van der Waals surface area (Å²) in [6.45, 7) is 2.75. The number of nitro groups is 1. The molecule has 0 amide bonds. The summed E-state index contributed by atoms with van der Waals surface area (Å²) in [6.07, 6.45) is 5.83. The van der Waals surface area contributed by atoms with Crippen LogP contribution in [0.3, 0.4) is 0 Å². The maximum absolute atomic E-state index is 11.2. The van der Waals surface area contributed by atoms with Gasteiger partial charge < -0.3 is 15.0 Å². The molecule has 1 aliphatic heterocycles. The number of hydrogen-bond donors (Lipinski definition) is 1. The van der Waals surface area contributed by atoms with Gasteiger partial charge >= 0.3 is 0 Å². The second-order valence-corrected chi connectivity index (χ2v) is 8.11. The molecule has 0 radical (unpaired) electrons. The van der Waals surface area contributed by atoms with E-state index in [9.17, 15) is 10.1 Å². The van der Waals surface area contributed by atoms with Gasteiger partial charge in [-0.1, -0.05) is 43.5 Å². The molecule has 1 saturated heterocycles. The quantitative estimate of drug-likeness (QED) is 0.604. The van der Waals surface area contributed by atoms with Crippen LogP contribution in [-0.4, -0.2) is 37.7 Å². The van der Waals surface area contributed by atoms with Gasteiger partial charge in [-0.3, -0.25) is 10.1 Å². The zero-order valence-corrected chi connectivity index (χ0v) is 17.0. The Morgan fingerprint density at radius 2 is 1.83 bits per heavy atom. The first-order chi connectivity index (χ1) is 14.2. The fourth-order valence-electron chi connectivity index (χ4n) is 5.27. The summed E-state index contributed by atoms with van der Waals surface area (Å²) >= 11 is 0. The van der Waals surface area contributed by atoms with Crippen LogP contribution in [0, 0.1) is 10.1 Å². The molecule has 29 heavy (non-hydrogen) atoms. The van der Waals surface area contributed by atoms with Crippen molar-refractivity contribution in [3.8, 4) is 5.75 Å². The lowest BCUT2D eigenvalue weighted by atomic mass is 9.64. The van der Waals surface area contributed by atoms with E-state index in [-0.39, 0.29) is 22.1 Å². The Bertz CT molecular complexity index is 847. The number of nitrogens with one attached hydrogen (secondary N) is 1. The van der Waals surface area contributed by atoms with Crippen LogP contribution in [0.1, 0.15) is 37.7 Å². The molecule has 2 aliphatic rings. The highest BCUT2D eigenvalue weighted by atomic mass is 16.6. The Balaban J connectivity index is 1.77. The number of benzene rings is 2. The summed E-state index contributed by atoms with van der Waals surface area (Å²) in [6, 6.07) is 15.8. The summed E-state index contributed by atoms with van der Waals surface area (Å²) in [4.78, 5) is 13.3. The monoisotopic (exact) mass is 395 g/mol. The highest BCUT2D eigenvalue weighted by Gasteiger charge is 2.45. The van der Waals surface area contributed by atoms with Gasteiger partial charge in [0.05, 0.1) is 23.8 Å². The van der Waals surface area contributed by atoms with E-state index in [1.807, 2.05) is 24.3 Å². The molecular formula is C23H29N3O3. The molecule has 1 heterocycles. The zero-order valence-electron chi connectivity index (χ0n) is 17.0. The smallest absolute Gasteiger partial charge is 0.269 e. The van der Waals surface area contributed by atoms with Crippen molar-refractivity contribution < 1.29 is 9.66 Å². The van der Waals surface area contributed by atoms with Gasteiger partial charge in [0, 0.05) is 37.2 Å². The minimum atomic E-state index is -0.319. The van der Waals surface area contributed by atoms with Gasteiger partial charge in [0.1, 0.15) is 5.75 Å². The summed E-state index contributed by atoms with van der Waals surface area (Å²) in [5, 5.41) is 14.8. The topological polar surface area (TPSA) is 67.6 Å². The molecule has 6 heteroatoms. The first-order valence-corrected chi connectivity index (χ1v) is 10.5. The second-order valence-electron chi connectivity index (χ2n) is 8.11. The van der Waals surface area contributed by atoms with Crippen LogP contribution in [0.25, 0.3) is 0 Å². The molecule has 2 aromatic carbocycles. The zero-order chi connectivity index (χ0) is 20.3. The van der Waals surface area contributed by atoms with Crippen LogP contribution in [0.5, 0.6) is 5.75 Å². The molecule has 2 fully saturated rings. The van der Waals surface area contributed by atoms with Crippen molar-refractivity contribution in [1.29, 1.82) is 0 Å². The van der Waals surface area contributed by atoms with E-state index >= 15 is 0 Å².